The summed E-state index contributed by atoms with van der Waals surface area (Å²) < 4.78 is 0. The first-order valence-electron chi connectivity index (χ1n) is 8.54. The molecule has 0 bridgehead atoms. The van der Waals surface area contributed by atoms with E-state index in [2.05, 4.69) is 15.8 Å². The average molecular weight is 347 g/mol. The molecule has 0 fully saturated rings. The Morgan fingerprint density at radius 1 is 1.08 bits per heavy atom. The van der Waals surface area contributed by atoms with Gasteiger partial charge in [-0.1, -0.05) is 55.5 Å². The highest BCUT2D eigenvalue weighted by molar-refractivity contribution is 6.02. The Kier molecular flexibility index (Phi) is 5.49. The number of hydrazone groups is 1. The summed E-state index contributed by atoms with van der Waals surface area (Å²) in [7, 11) is 0. The third-order valence-electron chi connectivity index (χ3n) is 4.16. The van der Waals surface area contributed by atoms with Gasteiger partial charge in [-0.3, -0.25) is 4.79 Å². The molecular formula is C21H21N3O2. The highest BCUT2D eigenvalue weighted by atomic mass is 16.3. The van der Waals surface area contributed by atoms with Crippen molar-refractivity contribution in [1.82, 2.24) is 5.43 Å². The van der Waals surface area contributed by atoms with E-state index in [1.54, 1.807) is 6.07 Å². The molecule has 3 aromatic carbocycles. The topological polar surface area (TPSA) is 73.7 Å². The van der Waals surface area contributed by atoms with Crippen LogP contribution in [0.3, 0.4) is 0 Å². The van der Waals surface area contributed by atoms with Crippen molar-refractivity contribution < 1.29 is 9.90 Å². The van der Waals surface area contributed by atoms with Gasteiger partial charge < -0.3 is 10.4 Å². The molecule has 0 aromatic heterocycles. The van der Waals surface area contributed by atoms with Crippen molar-refractivity contribution >= 4 is 28.6 Å². The monoisotopic (exact) mass is 347 g/mol. The number of hydrogen-bond acceptors (Lipinski definition) is 4. The average Bonchev–Trinajstić information content (AvgIpc) is 2.68. The molecular weight excluding hydrogens is 326 g/mol. The summed E-state index contributed by atoms with van der Waals surface area (Å²) in [4.78, 5) is 12.4. The van der Waals surface area contributed by atoms with Crippen molar-refractivity contribution in [2.75, 3.05) is 5.32 Å². The fraction of sp³-hybridized carbons (Fsp3) is 0.143. The second-order valence-corrected chi connectivity index (χ2v) is 5.92. The number of hydrogen-bond donors (Lipinski definition) is 3. The number of carbonyl (C=O) groups is 1. The molecule has 0 radical (unpaired) electrons. The normalized spacial score (nSPS) is 12.2. The molecule has 5 nitrogen and oxygen atoms in total. The maximum absolute atomic E-state index is 12.4. The summed E-state index contributed by atoms with van der Waals surface area (Å²) in [6.07, 6.45) is 2.10. The maximum atomic E-state index is 12.4. The van der Waals surface area contributed by atoms with E-state index in [1.165, 1.54) is 6.21 Å². The minimum Gasteiger partial charge on any atom is -0.507 e. The third kappa shape index (κ3) is 4.00. The summed E-state index contributed by atoms with van der Waals surface area (Å²) in [6.45, 7) is 1.93. The number of anilines is 1. The van der Waals surface area contributed by atoms with Crippen LogP contribution in [0.25, 0.3) is 10.8 Å². The molecule has 26 heavy (non-hydrogen) atoms. The van der Waals surface area contributed by atoms with Gasteiger partial charge in [0, 0.05) is 11.3 Å². The Bertz CT molecular complexity index is 923. The molecule has 5 heteroatoms. The summed E-state index contributed by atoms with van der Waals surface area (Å²) in [5.41, 5.74) is 4.01. The van der Waals surface area contributed by atoms with Gasteiger partial charge in [-0.25, -0.2) is 5.43 Å². The van der Waals surface area contributed by atoms with Crippen LogP contribution in [-0.4, -0.2) is 23.3 Å². The van der Waals surface area contributed by atoms with Gasteiger partial charge in [0.1, 0.15) is 11.8 Å². The Morgan fingerprint density at radius 2 is 1.81 bits per heavy atom. The van der Waals surface area contributed by atoms with Gasteiger partial charge in [0.25, 0.3) is 5.91 Å². The van der Waals surface area contributed by atoms with Crippen LogP contribution in [0.5, 0.6) is 5.75 Å². The number of carbonyl (C=O) groups excluding carboxylic acids is 1. The molecule has 0 aliphatic heterocycles. The minimum atomic E-state index is -0.393. The van der Waals surface area contributed by atoms with Crippen LogP contribution in [0.4, 0.5) is 5.69 Å². The van der Waals surface area contributed by atoms with Gasteiger partial charge in [0.15, 0.2) is 0 Å². The van der Waals surface area contributed by atoms with E-state index in [1.807, 2.05) is 67.6 Å². The quantitative estimate of drug-likeness (QED) is 0.468. The van der Waals surface area contributed by atoms with Crippen LogP contribution >= 0.6 is 0 Å². The van der Waals surface area contributed by atoms with E-state index in [0.29, 0.717) is 12.0 Å². The Hall–Kier alpha value is -3.34. The van der Waals surface area contributed by atoms with Crippen molar-refractivity contribution in [3.8, 4) is 5.75 Å². The Balaban J connectivity index is 1.71. The molecule has 0 aliphatic carbocycles. The Morgan fingerprint density at radius 3 is 2.58 bits per heavy atom. The number of benzene rings is 3. The Labute approximate surface area is 152 Å². The number of aromatic hydroxyl groups is 1. The lowest BCUT2D eigenvalue weighted by Crippen LogP contribution is -2.36. The summed E-state index contributed by atoms with van der Waals surface area (Å²) in [5.74, 6) is -0.108. The zero-order chi connectivity index (χ0) is 18.4. The molecule has 0 heterocycles. The second-order valence-electron chi connectivity index (χ2n) is 5.92. The highest BCUT2D eigenvalue weighted by Crippen LogP contribution is 2.25. The molecule has 3 rings (SSSR count). The van der Waals surface area contributed by atoms with Gasteiger partial charge in [0.05, 0.1) is 6.21 Å². The van der Waals surface area contributed by atoms with Crippen molar-refractivity contribution in [1.29, 1.82) is 0 Å². The molecule has 3 N–H and O–H groups in total. The standard InChI is InChI=1S/C21H21N3O2/c1-2-19(23-16-9-4-3-5-10-16)21(26)24-22-14-18-17-11-7-6-8-15(17)12-13-20(18)25/h3-14,19,23,25H,2H2,1H3,(H,24,26)/b22-14+. The number of fused-ring (bicyclic) bond motifs is 1. The molecule has 0 saturated heterocycles. The van der Waals surface area contributed by atoms with Gasteiger partial charge in [-0.05, 0) is 35.4 Å². The first-order valence-corrected chi connectivity index (χ1v) is 8.54. The van der Waals surface area contributed by atoms with Gasteiger partial charge in [0.2, 0.25) is 0 Å². The number of amides is 1. The minimum absolute atomic E-state index is 0.121. The number of rotatable bonds is 6. The van der Waals surface area contributed by atoms with Crippen LogP contribution in [0.2, 0.25) is 0 Å². The van der Waals surface area contributed by atoms with E-state index in [0.717, 1.165) is 16.5 Å². The SMILES string of the molecule is CCC(Nc1ccccc1)C(=O)N/N=C/c1c(O)ccc2ccccc12. The van der Waals surface area contributed by atoms with E-state index >= 15 is 0 Å². The lowest BCUT2D eigenvalue weighted by molar-refractivity contribution is -0.121. The number of nitrogens with zero attached hydrogens (tertiary/aromatic N) is 1. The lowest BCUT2D eigenvalue weighted by Gasteiger charge is -2.16. The van der Waals surface area contributed by atoms with Crippen LogP contribution < -0.4 is 10.7 Å². The summed E-state index contributed by atoms with van der Waals surface area (Å²) in [5, 5.41) is 19.2. The van der Waals surface area contributed by atoms with Crippen LogP contribution in [0.15, 0.2) is 71.8 Å². The lowest BCUT2D eigenvalue weighted by atomic mass is 10.0. The van der Waals surface area contributed by atoms with Gasteiger partial charge in [-0.2, -0.15) is 5.10 Å². The van der Waals surface area contributed by atoms with Crippen molar-refractivity contribution in [3.63, 3.8) is 0 Å². The van der Waals surface area contributed by atoms with E-state index in [-0.39, 0.29) is 11.7 Å². The first kappa shape index (κ1) is 17.5. The van der Waals surface area contributed by atoms with E-state index in [4.69, 9.17) is 0 Å². The second kappa shape index (κ2) is 8.16. The van der Waals surface area contributed by atoms with Crippen molar-refractivity contribution in [3.05, 3.63) is 72.3 Å². The fourth-order valence-electron chi connectivity index (χ4n) is 2.75. The van der Waals surface area contributed by atoms with Crippen molar-refractivity contribution in [2.24, 2.45) is 5.10 Å². The predicted octanol–water partition coefficient (Wildman–Crippen LogP) is 3.89. The van der Waals surface area contributed by atoms with Gasteiger partial charge >= 0.3 is 0 Å². The van der Waals surface area contributed by atoms with Crippen LogP contribution in [0, 0.1) is 0 Å². The fourth-order valence-corrected chi connectivity index (χ4v) is 2.75. The highest BCUT2D eigenvalue weighted by Gasteiger charge is 2.15. The molecule has 0 spiro atoms. The summed E-state index contributed by atoms with van der Waals surface area (Å²) >= 11 is 0. The zero-order valence-corrected chi connectivity index (χ0v) is 14.5. The molecule has 1 unspecified atom stereocenters. The molecule has 1 atom stereocenters. The first-order chi connectivity index (χ1) is 12.7. The smallest absolute Gasteiger partial charge is 0.262 e. The van der Waals surface area contributed by atoms with E-state index in [9.17, 15) is 9.90 Å². The van der Waals surface area contributed by atoms with Crippen LogP contribution in [-0.2, 0) is 4.79 Å². The van der Waals surface area contributed by atoms with E-state index < -0.39 is 6.04 Å². The molecule has 0 saturated carbocycles. The number of nitrogens with one attached hydrogen (secondary N) is 2. The van der Waals surface area contributed by atoms with Crippen molar-refractivity contribution in [2.45, 2.75) is 19.4 Å². The summed E-state index contributed by atoms with van der Waals surface area (Å²) in [6, 6.07) is 20.3. The number of para-hydroxylation sites is 1. The molecule has 0 aliphatic rings. The third-order valence-corrected chi connectivity index (χ3v) is 4.16. The zero-order valence-electron chi connectivity index (χ0n) is 14.5. The predicted molar refractivity (Wildman–Crippen MR) is 105 cm³/mol. The maximum Gasteiger partial charge on any atom is 0.262 e. The van der Waals surface area contributed by atoms with Crippen LogP contribution in [0.1, 0.15) is 18.9 Å². The molecule has 1 amide bonds. The molecule has 132 valence electrons. The largest absolute Gasteiger partial charge is 0.507 e. The van der Waals surface area contributed by atoms with Gasteiger partial charge in [-0.15, -0.1) is 0 Å². The molecule has 3 aromatic rings. The number of phenolic OH excluding ortho intramolecular Hbond substituents is 1. The number of phenols is 1.